The van der Waals surface area contributed by atoms with Gasteiger partial charge in [-0.15, -0.1) is 0 Å². The number of hydrogen-bond donors (Lipinski definition) is 3. The summed E-state index contributed by atoms with van der Waals surface area (Å²) in [4.78, 5) is 10.2. The summed E-state index contributed by atoms with van der Waals surface area (Å²) in [7, 11) is -4.44. The van der Waals surface area contributed by atoms with Crippen LogP contribution in [0, 0.1) is 0 Å². The molecule has 0 aromatic rings. The molecule has 194 valence electrons. The average molecular weight is 512 g/mol. The molecule has 34 heavy (non-hydrogen) atoms. The first-order valence-electron chi connectivity index (χ1n) is 11.8. The zero-order valence-corrected chi connectivity index (χ0v) is 24.5. The van der Waals surface area contributed by atoms with Crippen molar-refractivity contribution in [2.24, 2.45) is 21.5 Å². The molecule has 9 nitrogen and oxygen atoms in total. The van der Waals surface area contributed by atoms with Gasteiger partial charge in [-0.25, -0.2) is 4.99 Å². The van der Waals surface area contributed by atoms with Gasteiger partial charge in [0.1, 0.15) is 24.1 Å². The Kier molecular flexibility index (Phi) is 8.33. The summed E-state index contributed by atoms with van der Waals surface area (Å²) in [5.74, 6) is 0.693. The zero-order valence-electron chi connectivity index (χ0n) is 22.5. The molecule has 0 bridgehead atoms. The number of rotatable bonds is 6. The highest BCUT2D eigenvalue weighted by Crippen LogP contribution is 2.44. The molecule has 5 N–H and O–H groups in total. The van der Waals surface area contributed by atoms with Crippen LogP contribution in [0.4, 0.5) is 0 Å². The Morgan fingerprint density at radius 3 is 2.00 bits per heavy atom. The Bertz CT molecular complexity index is 854. The molecule has 0 aromatic carbocycles. The number of aliphatic hydroxyl groups excluding tert-OH is 1. The molecule has 2 aliphatic heterocycles. The molecule has 0 aliphatic carbocycles. The first-order valence-corrected chi connectivity index (χ1v) is 17.6. The molecule has 2 aliphatic rings. The van der Waals surface area contributed by atoms with Gasteiger partial charge in [0.15, 0.2) is 34.7 Å². The minimum Gasteiger partial charge on any atom is -0.408 e. The smallest absolute Gasteiger partial charge is 0.192 e. The van der Waals surface area contributed by atoms with E-state index in [1.165, 1.54) is 0 Å². The van der Waals surface area contributed by atoms with Crippen LogP contribution in [0.5, 0.6) is 0 Å². The predicted octanol–water partition coefficient (Wildman–Crippen LogP) is 3.46. The van der Waals surface area contributed by atoms with E-state index in [4.69, 9.17) is 25.1 Å². The predicted molar refractivity (Wildman–Crippen MR) is 143 cm³/mol. The van der Waals surface area contributed by atoms with Crippen LogP contribution in [-0.4, -0.2) is 69.6 Å². The largest absolute Gasteiger partial charge is 0.408 e. The summed E-state index contributed by atoms with van der Waals surface area (Å²) >= 11 is 0. The van der Waals surface area contributed by atoms with Gasteiger partial charge in [-0.3, -0.25) is 0 Å². The van der Waals surface area contributed by atoms with Crippen LogP contribution >= 0.6 is 0 Å². The third-order valence-corrected chi connectivity index (χ3v) is 16.3. The van der Waals surface area contributed by atoms with Crippen LogP contribution in [0.15, 0.2) is 34.7 Å². The van der Waals surface area contributed by atoms with E-state index in [1.807, 2.05) is 0 Å². The molecular formula is C23H45N5O4Si2. The first kappa shape index (κ1) is 28.7. The van der Waals surface area contributed by atoms with E-state index in [9.17, 15) is 5.11 Å². The number of aliphatic imine (C=N–C) groups is 2. The molecule has 2 heterocycles. The van der Waals surface area contributed by atoms with Crippen LogP contribution in [0.1, 0.15) is 41.5 Å². The fraction of sp³-hybridized carbons (Fsp3) is 0.739. The SMILES string of the molecule is C=C1N=C(N=C(N)N)C=CN1[C@@H]1O[C@H](CO)C(O[Si](C)(C)C(C)(C)C)[C@@H]1O[Si](C)(C)C(C)(C)C. The normalized spacial score (nSPS) is 26.6. The summed E-state index contributed by atoms with van der Waals surface area (Å²) in [5.41, 5.74) is 11.0. The first-order chi connectivity index (χ1) is 15.3. The molecule has 4 atom stereocenters. The van der Waals surface area contributed by atoms with Crippen LogP contribution in [0.2, 0.25) is 36.3 Å². The minimum atomic E-state index is -2.24. The Morgan fingerprint density at radius 2 is 1.59 bits per heavy atom. The van der Waals surface area contributed by atoms with Gasteiger partial charge in [0.2, 0.25) is 0 Å². The minimum absolute atomic E-state index is 0.0133. The van der Waals surface area contributed by atoms with E-state index in [-0.39, 0.29) is 22.6 Å². The summed E-state index contributed by atoms with van der Waals surface area (Å²) < 4.78 is 20.2. The van der Waals surface area contributed by atoms with E-state index in [0.29, 0.717) is 11.7 Å². The second kappa shape index (κ2) is 9.86. The summed E-state index contributed by atoms with van der Waals surface area (Å²) in [6, 6.07) is 0. The number of aliphatic hydroxyl groups is 1. The molecule has 11 heteroatoms. The summed E-state index contributed by atoms with van der Waals surface area (Å²) in [5, 5.41) is 10.2. The van der Waals surface area contributed by atoms with Crippen LogP contribution in [0.25, 0.3) is 0 Å². The molecule has 1 saturated heterocycles. The maximum atomic E-state index is 10.3. The second-order valence-electron chi connectivity index (χ2n) is 12.1. The molecule has 0 amide bonds. The lowest BCUT2D eigenvalue weighted by Crippen LogP contribution is -2.56. The monoisotopic (exact) mass is 511 g/mol. The maximum Gasteiger partial charge on any atom is 0.192 e. The fourth-order valence-corrected chi connectivity index (χ4v) is 5.87. The molecule has 1 unspecified atom stereocenters. The highest BCUT2D eigenvalue weighted by Gasteiger charge is 2.55. The van der Waals surface area contributed by atoms with Crippen molar-refractivity contribution in [3.63, 3.8) is 0 Å². The van der Waals surface area contributed by atoms with Gasteiger partial charge >= 0.3 is 0 Å². The lowest BCUT2D eigenvalue weighted by atomic mass is 10.1. The molecular weight excluding hydrogens is 466 g/mol. The number of hydrogen-bond acceptors (Lipinski definition) is 7. The molecule has 1 fully saturated rings. The number of guanidine groups is 1. The Morgan fingerprint density at radius 1 is 1.09 bits per heavy atom. The molecule has 0 aromatic heterocycles. The second-order valence-corrected chi connectivity index (χ2v) is 21.6. The number of nitrogens with two attached hydrogens (primary N) is 2. The van der Waals surface area contributed by atoms with Crippen molar-refractivity contribution in [1.29, 1.82) is 0 Å². The quantitative estimate of drug-likeness (QED) is 0.283. The van der Waals surface area contributed by atoms with Gasteiger partial charge in [0, 0.05) is 6.20 Å². The van der Waals surface area contributed by atoms with E-state index >= 15 is 0 Å². The van der Waals surface area contributed by atoms with Crippen LogP contribution in [0.3, 0.4) is 0 Å². The van der Waals surface area contributed by atoms with Gasteiger partial charge in [0.25, 0.3) is 0 Å². The van der Waals surface area contributed by atoms with Crippen molar-refractivity contribution in [1.82, 2.24) is 4.90 Å². The third-order valence-electron chi connectivity index (χ3n) is 7.38. The lowest BCUT2D eigenvalue weighted by molar-refractivity contribution is -0.0670. The van der Waals surface area contributed by atoms with E-state index in [2.05, 4.69) is 84.3 Å². The number of amidine groups is 1. The standard InChI is InChI=1S/C23H45N5O4Si2/c1-15-26-17(27-21(24)25)12-13-28(15)20-19(32-34(10,11)23(5,6)7)18(16(14-29)30-20)31-33(8,9)22(2,3)4/h12-13,16,18-20,29H,1,14H2,2-11H3,(H4,24,25,26,27)/t16-,18?,19+,20-/m1/s1. The van der Waals surface area contributed by atoms with Gasteiger partial charge in [0.05, 0.1) is 6.61 Å². The Balaban J connectivity index is 2.49. The van der Waals surface area contributed by atoms with Crippen LogP contribution < -0.4 is 11.5 Å². The molecule has 0 radical (unpaired) electrons. The molecule has 2 rings (SSSR count). The number of nitrogens with zero attached hydrogens (tertiary/aromatic N) is 3. The van der Waals surface area contributed by atoms with Crippen molar-refractivity contribution >= 4 is 28.4 Å². The van der Waals surface area contributed by atoms with Crippen molar-refractivity contribution < 1.29 is 18.7 Å². The van der Waals surface area contributed by atoms with Crippen molar-refractivity contribution in [2.75, 3.05) is 6.61 Å². The summed E-state index contributed by atoms with van der Waals surface area (Å²) in [6.45, 7) is 25.9. The zero-order chi connectivity index (χ0) is 26.3. The highest BCUT2D eigenvalue weighted by atomic mass is 28.4. The molecule has 0 spiro atoms. The highest BCUT2D eigenvalue weighted by molar-refractivity contribution is 6.74. The number of ether oxygens (including phenoxy) is 1. The van der Waals surface area contributed by atoms with Crippen LogP contribution in [-0.2, 0) is 13.6 Å². The average Bonchev–Trinajstić information content (AvgIpc) is 2.95. The van der Waals surface area contributed by atoms with Gasteiger partial charge < -0.3 is 35.1 Å². The molecule has 0 saturated carbocycles. The van der Waals surface area contributed by atoms with Crippen molar-refractivity contribution in [2.45, 2.75) is 102 Å². The third kappa shape index (κ3) is 6.18. The van der Waals surface area contributed by atoms with Gasteiger partial charge in [-0.1, -0.05) is 48.1 Å². The van der Waals surface area contributed by atoms with E-state index in [1.54, 1.807) is 17.2 Å². The lowest BCUT2D eigenvalue weighted by Gasteiger charge is -2.45. The van der Waals surface area contributed by atoms with Gasteiger partial charge in [-0.05, 0) is 42.3 Å². The van der Waals surface area contributed by atoms with Crippen molar-refractivity contribution in [3.8, 4) is 0 Å². The fourth-order valence-electron chi connectivity index (χ4n) is 3.27. The van der Waals surface area contributed by atoms with E-state index < -0.39 is 41.2 Å². The Labute approximate surface area is 207 Å². The van der Waals surface area contributed by atoms with Gasteiger partial charge in [-0.2, -0.15) is 4.99 Å². The summed E-state index contributed by atoms with van der Waals surface area (Å²) in [6.07, 6.45) is 1.47. The topological polar surface area (TPSA) is 128 Å². The van der Waals surface area contributed by atoms with Crippen molar-refractivity contribution in [3.05, 3.63) is 24.7 Å². The maximum absolute atomic E-state index is 10.3. The Hall–Kier alpha value is -1.51. The van der Waals surface area contributed by atoms with E-state index in [0.717, 1.165) is 0 Å².